The van der Waals surface area contributed by atoms with Crippen LogP contribution >= 0.6 is 0 Å². The average molecular weight is 299 g/mol. The largest absolute Gasteiger partial charge is 0.466 e. The first-order valence-corrected chi connectivity index (χ1v) is 9.17. The van der Waals surface area contributed by atoms with E-state index in [0.29, 0.717) is 13.0 Å². The Morgan fingerprint density at radius 3 is 1.86 bits per heavy atom. The third-order valence-corrected chi connectivity index (χ3v) is 3.85. The van der Waals surface area contributed by atoms with Crippen LogP contribution in [0.15, 0.2) is 0 Å². The molecule has 0 spiro atoms. The molecule has 0 aliphatic carbocycles. The van der Waals surface area contributed by atoms with Gasteiger partial charge in [0.2, 0.25) is 0 Å². The van der Waals surface area contributed by atoms with Crippen LogP contribution in [0.5, 0.6) is 0 Å². The van der Waals surface area contributed by atoms with E-state index >= 15 is 0 Å². The highest BCUT2D eigenvalue weighted by molar-refractivity contribution is 5.69. The lowest BCUT2D eigenvalue weighted by molar-refractivity contribution is -0.143. The molecular weight excluding hydrogens is 262 g/mol. The summed E-state index contributed by atoms with van der Waals surface area (Å²) in [7, 11) is 0. The average Bonchev–Trinajstić information content (AvgIpc) is 2.49. The molecule has 0 heterocycles. The molecule has 2 N–H and O–H groups in total. The molecule has 0 saturated heterocycles. The molecule has 0 rings (SSSR count). The summed E-state index contributed by atoms with van der Waals surface area (Å²) in [5.74, 6) is -0.0256. The van der Waals surface area contributed by atoms with E-state index in [1.165, 1.54) is 51.4 Å². The number of hydrogen-bond donors (Lipinski definition) is 1. The van der Waals surface area contributed by atoms with Crippen molar-refractivity contribution in [2.24, 2.45) is 5.73 Å². The number of esters is 1. The van der Waals surface area contributed by atoms with Crippen molar-refractivity contribution in [3.8, 4) is 0 Å². The fourth-order valence-electron chi connectivity index (χ4n) is 2.44. The highest BCUT2D eigenvalue weighted by Gasteiger charge is 2.02. The molecule has 0 unspecified atom stereocenters. The van der Waals surface area contributed by atoms with Crippen LogP contribution in [0.25, 0.3) is 0 Å². The van der Waals surface area contributed by atoms with Crippen LogP contribution in [-0.4, -0.2) is 19.1 Å². The lowest BCUT2D eigenvalue weighted by Crippen LogP contribution is -2.06. The Hall–Kier alpha value is -0.570. The van der Waals surface area contributed by atoms with Crippen molar-refractivity contribution in [3.63, 3.8) is 0 Å². The smallest absolute Gasteiger partial charge is 0.305 e. The maximum absolute atomic E-state index is 11.5. The van der Waals surface area contributed by atoms with Crippen LogP contribution in [0.2, 0.25) is 0 Å². The van der Waals surface area contributed by atoms with Gasteiger partial charge in [0.25, 0.3) is 0 Å². The van der Waals surface area contributed by atoms with Crippen molar-refractivity contribution in [3.05, 3.63) is 0 Å². The van der Waals surface area contributed by atoms with Crippen molar-refractivity contribution < 1.29 is 9.53 Å². The minimum absolute atomic E-state index is 0.0256. The lowest BCUT2D eigenvalue weighted by atomic mass is 10.1. The third kappa shape index (κ3) is 17.4. The van der Waals surface area contributed by atoms with Crippen molar-refractivity contribution in [1.82, 2.24) is 0 Å². The SMILES string of the molecule is CCCCCCCCCCCCC(=O)OCCCCCN. The van der Waals surface area contributed by atoms with Gasteiger partial charge in [-0.3, -0.25) is 4.79 Å². The molecule has 0 bridgehead atoms. The minimum atomic E-state index is -0.0256. The highest BCUT2D eigenvalue weighted by Crippen LogP contribution is 2.11. The Morgan fingerprint density at radius 2 is 1.29 bits per heavy atom. The monoisotopic (exact) mass is 299 g/mol. The molecule has 126 valence electrons. The van der Waals surface area contributed by atoms with Gasteiger partial charge in [-0.2, -0.15) is 0 Å². The van der Waals surface area contributed by atoms with E-state index < -0.39 is 0 Å². The fraction of sp³-hybridized carbons (Fsp3) is 0.944. The van der Waals surface area contributed by atoms with Gasteiger partial charge in [-0.1, -0.05) is 64.7 Å². The molecule has 0 aromatic rings. The summed E-state index contributed by atoms with van der Waals surface area (Å²) in [6.07, 6.45) is 16.6. The van der Waals surface area contributed by atoms with Crippen molar-refractivity contribution in [2.45, 2.75) is 96.8 Å². The molecule has 0 radical (unpaired) electrons. The maximum Gasteiger partial charge on any atom is 0.305 e. The van der Waals surface area contributed by atoms with E-state index in [1.54, 1.807) is 0 Å². The predicted octanol–water partition coefficient (Wildman–Crippen LogP) is 4.97. The van der Waals surface area contributed by atoms with Crippen LogP contribution in [0.3, 0.4) is 0 Å². The first-order valence-electron chi connectivity index (χ1n) is 9.17. The van der Waals surface area contributed by atoms with Gasteiger partial charge in [0.15, 0.2) is 0 Å². The normalized spacial score (nSPS) is 10.8. The Kier molecular flexibility index (Phi) is 17.0. The van der Waals surface area contributed by atoms with Crippen LogP contribution in [0.1, 0.15) is 96.8 Å². The van der Waals surface area contributed by atoms with Gasteiger partial charge in [0.05, 0.1) is 6.61 Å². The lowest BCUT2D eigenvalue weighted by Gasteiger charge is -2.05. The molecule has 0 saturated carbocycles. The van der Waals surface area contributed by atoms with Gasteiger partial charge in [-0.25, -0.2) is 0 Å². The number of carbonyl (C=O) groups is 1. The van der Waals surface area contributed by atoms with E-state index in [2.05, 4.69) is 6.92 Å². The molecular formula is C18H37NO2. The Balaban J connectivity index is 3.11. The number of carbonyl (C=O) groups excluding carboxylic acids is 1. The summed E-state index contributed by atoms with van der Waals surface area (Å²) in [6, 6.07) is 0. The third-order valence-electron chi connectivity index (χ3n) is 3.85. The second kappa shape index (κ2) is 17.5. The zero-order valence-electron chi connectivity index (χ0n) is 14.2. The van der Waals surface area contributed by atoms with Gasteiger partial charge in [0, 0.05) is 6.42 Å². The Labute approximate surface area is 132 Å². The standard InChI is InChI=1S/C18H37NO2/c1-2-3-4-5-6-7-8-9-10-12-15-18(20)21-17-14-11-13-16-19/h2-17,19H2,1H3. The quantitative estimate of drug-likeness (QED) is 0.323. The number of unbranched alkanes of at least 4 members (excludes halogenated alkanes) is 11. The van der Waals surface area contributed by atoms with Gasteiger partial charge in [0.1, 0.15) is 0 Å². The fourth-order valence-corrected chi connectivity index (χ4v) is 2.44. The molecule has 3 nitrogen and oxygen atoms in total. The van der Waals surface area contributed by atoms with Crippen LogP contribution in [-0.2, 0) is 9.53 Å². The maximum atomic E-state index is 11.5. The Bertz CT molecular complexity index is 219. The molecule has 0 aliphatic rings. The highest BCUT2D eigenvalue weighted by atomic mass is 16.5. The molecule has 21 heavy (non-hydrogen) atoms. The second-order valence-corrected chi connectivity index (χ2v) is 6.00. The zero-order valence-corrected chi connectivity index (χ0v) is 14.2. The van der Waals surface area contributed by atoms with Crippen LogP contribution in [0, 0.1) is 0 Å². The van der Waals surface area contributed by atoms with E-state index in [4.69, 9.17) is 10.5 Å². The van der Waals surface area contributed by atoms with Crippen LogP contribution in [0.4, 0.5) is 0 Å². The first-order chi connectivity index (χ1) is 10.3. The molecule has 0 amide bonds. The van der Waals surface area contributed by atoms with Crippen LogP contribution < -0.4 is 5.73 Å². The van der Waals surface area contributed by atoms with E-state index in [9.17, 15) is 4.79 Å². The van der Waals surface area contributed by atoms with Crippen molar-refractivity contribution in [2.75, 3.05) is 13.2 Å². The topological polar surface area (TPSA) is 52.3 Å². The number of nitrogens with two attached hydrogens (primary N) is 1. The minimum Gasteiger partial charge on any atom is -0.466 e. The zero-order chi connectivity index (χ0) is 15.6. The first kappa shape index (κ1) is 20.4. The van der Waals surface area contributed by atoms with E-state index in [1.807, 2.05) is 0 Å². The van der Waals surface area contributed by atoms with Gasteiger partial charge < -0.3 is 10.5 Å². The summed E-state index contributed by atoms with van der Waals surface area (Å²) < 4.78 is 5.19. The number of ether oxygens (including phenoxy) is 1. The van der Waals surface area contributed by atoms with Gasteiger partial charge in [-0.05, 0) is 32.2 Å². The van der Waals surface area contributed by atoms with E-state index in [0.717, 1.165) is 38.6 Å². The molecule has 0 atom stereocenters. The number of rotatable bonds is 16. The molecule has 3 heteroatoms. The number of hydrogen-bond acceptors (Lipinski definition) is 3. The summed E-state index contributed by atoms with van der Waals surface area (Å²) in [6.45, 7) is 3.55. The van der Waals surface area contributed by atoms with Gasteiger partial charge in [-0.15, -0.1) is 0 Å². The van der Waals surface area contributed by atoms with Crippen molar-refractivity contribution in [1.29, 1.82) is 0 Å². The molecule has 0 aromatic carbocycles. The molecule has 0 fully saturated rings. The summed E-state index contributed by atoms with van der Waals surface area (Å²) in [5.41, 5.74) is 5.41. The molecule has 0 aromatic heterocycles. The second-order valence-electron chi connectivity index (χ2n) is 6.00. The summed E-state index contributed by atoms with van der Waals surface area (Å²) in [4.78, 5) is 11.5. The summed E-state index contributed by atoms with van der Waals surface area (Å²) in [5, 5.41) is 0. The van der Waals surface area contributed by atoms with E-state index in [-0.39, 0.29) is 5.97 Å². The van der Waals surface area contributed by atoms with Gasteiger partial charge >= 0.3 is 5.97 Å². The molecule has 0 aliphatic heterocycles. The van der Waals surface area contributed by atoms with Crippen molar-refractivity contribution >= 4 is 5.97 Å². The summed E-state index contributed by atoms with van der Waals surface area (Å²) >= 11 is 0. The Morgan fingerprint density at radius 1 is 0.762 bits per heavy atom. The predicted molar refractivity (Wildman–Crippen MR) is 90.3 cm³/mol.